The van der Waals surface area contributed by atoms with E-state index in [4.69, 9.17) is 14.2 Å². The first kappa shape index (κ1) is 23.6. The number of benzene rings is 1. The standard InChI is InChI=1S/C26H36F2O4/c1-2-3-4-5-17-6-8-18(9-7-17)21-11-10-19-14-22(32-26(29)24(19)25(21)28)20-15-30-23(12-13-27)31-16-20/h10-11,17-18,20,22-23H,2-9,12-16H2,1H3. The van der Waals surface area contributed by atoms with Gasteiger partial charge in [0.05, 0.1) is 25.5 Å². The Bertz CT molecular complexity index is 767. The molecule has 6 heteroatoms. The number of halogens is 2. The minimum absolute atomic E-state index is 0.108. The molecule has 3 aliphatic rings. The summed E-state index contributed by atoms with van der Waals surface area (Å²) >= 11 is 0. The molecule has 0 radical (unpaired) electrons. The smallest absolute Gasteiger partial charge is 0.341 e. The lowest BCUT2D eigenvalue weighted by Gasteiger charge is -2.36. The second kappa shape index (κ2) is 11.1. The molecular formula is C26H36F2O4. The number of hydrogen-bond donors (Lipinski definition) is 0. The number of carbonyl (C=O) groups is 1. The molecule has 1 saturated carbocycles. The molecule has 0 amide bonds. The zero-order valence-corrected chi connectivity index (χ0v) is 19.1. The Kier molecular flexibility index (Phi) is 8.17. The number of hydrogen-bond acceptors (Lipinski definition) is 4. The monoisotopic (exact) mass is 450 g/mol. The average Bonchev–Trinajstić information content (AvgIpc) is 2.80. The van der Waals surface area contributed by atoms with E-state index in [1.54, 1.807) is 0 Å². The molecule has 4 nitrogen and oxygen atoms in total. The maximum absolute atomic E-state index is 15.5. The van der Waals surface area contributed by atoms with Gasteiger partial charge >= 0.3 is 5.97 Å². The molecule has 2 fully saturated rings. The molecule has 4 rings (SSSR count). The van der Waals surface area contributed by atoms with E-state index in [0.717, 1.165) is 31.6 Å². The van der Waals surface area contributed by atoms with E-state index >= 15 is 4.39 Å². The minimum atomic E-state index is -0.588. The topological polar surface area (TPSA) is 44.8 Å². The van der Waals surface area contributed by atoms with Gasteiger partial charge in [0.1, 0.15) is 11.9 Å². The van der Waals surface area contributed by atoms with Gasteiger partial charge in [-0.25, -0.2) is 9.18 Å². The van der Waals surface area contributed by atoms with E-state index in [-0.39, 0.29) is 29.6 Å². The molecule has 2 heterocycles. The Balaban J connectivity index is 1.38. The summed E-state index contributed by atoms with van der Waals surface area (Å²) in [7, 11) is 0. The number of rotatable bonds is 8. The van der Waals surface area contributed by atoms with E-state index in [0.29, 0.717) is 30.8 Å². The molecule has 1 aliphatic carbocycles. The molecule has 2 aliphatic heterocycles. The number of alkyl halides is 1. The Morgan fingerprint density at radius 3 is 2.47 bits per heavy atom. The van der Waals surface area contributed by atoms with Crippen LogP contribution in [0.15, 0.2) is 12.1 Å². The van der Waals surface area contributed by atoms with Crippen LogP contribution in [0.25, 0.3) is 0 Å². The van der Waals surface area contributed by atoms with E-state index in [1.807, 2.05) is 12.1 Å². The van der Waals surface area contributed by atoms with Gasteiger partial charge in [0.2, 0.25) is 0 Å². The van der Waals surface area contributed by atoms with Crippen LogP contribution in [0.1, 0.15) is 92.1 Å². The Morgan fingerprint density at radius 2 is 1.78 bits per heavy atom. The molecule has 1 unspecified atom stereocenters. The van der Waals surface area contributed by atoms with E-state index in [1.165, 1.54) is 25.7 Å². The number of ether oxygens (including phenoxy) is 3. The van der Waals surface area contributed by atoms with Crippen LogP contribution in [0.4, 0.5) is 8.78 Å². The van der Waals surface area contributed by atoms with Gasteiger partial charge in [-0.2, -0.15) is 0 Å². The number of fused-ring (bicyclic) bond motifs is 1. The summed E-state index contributed by atoms with van der Waals surface area (Å²) < 4.78 is 44.6. The third-order valence-corrected chi connectivity index (χ3v) is 7.51. The van der Waals surface area contributed by atoms with E-state index in [2.05, 4.69) is 6.92 Å². The molecule has 0 aromatic heterocycles. The molecule has 1 saturated heterocycles. The SMILES string of the molecule is CCCCCC1CCC(c2ccc3c(c2F)C(=O)OC(C2COC(CCF)OC2)C3)CC1. The minimum Gasteiger partial charge on any atom is -0.458 e. The summed E-state index contributed by atoms with van der Waals surface area (Å²) in [6.45, 7) is 2.42. The number of esters is 1. The van der Waals surface area contributed by atoms with Crippen molar-refractivity contribution >= 4 is 5.97 Å². The third kappa shape index (κ3) is 5.33. The lowest BCUT2D eigenvalue weighted by molar-refractivity contribution is -0.217. The highest BCUT2D eigenvalue weighted by atomic mass is 19.1. The number of cyclic esters (lactones) is 1. The molecule has 1 atom stereocenters. The van der Waals surface area contributed by atoms with Crippen LogP contribution in [0, 0.1) is 17.7 Å². The molecule has 178 valence electrons. The van der Waals surface area contributed by atoms with Crippen molar-refractivity contribution in [1.82, 2.24) is 0 Å². The fraction of sp³-hybridized carbons (Fsp3) is 0.731. The van der Waals surface area contributed by atoms with Crippen molar-refractivity contribution in [3.05, 3.63) is 34.6 Å². The summed E-state index contributed by atoms with van der Waals surface area (Å²) in [6.07, 6.45) is 9.07. The third-order valence-electron chi connectivity index (χ3n) is 7.51. The molecule has 1 aromatic carbocycles. The van der Waals surface area contributed by atoms with Crippen molar-refractivity contribution in [3.8, 4) is 0 Å². The van der Waals surface area contributed by atoms with Gasteiger partial charge in [-0.1, -0.05) is 44.7 Å². The largest absolute Gasteiger partial charge is 0.458 e. The van der Waals surface area contributed by atoms with E-state index in [9.17, 15) is 9.18 Å². The fourth-order valence-electron chi connectivity index (χ4n) is 5.53. The summed E-state index contributed by atoms with van der Waals surface area (Å²) in [5.41, 5.74) is 1.48. The predicted octanol–water partition coefficient (Wildman–Crippen LogP) is 6.11. The van der Waals surface area contributed by atoms with Crippen molar-refractivity contribution in [2.75, 3.05) is 19.9 Å². The lowest BCUT2D eigenvalue weighted by atomic mass is 9.76. The van der Waals surface area contributed by atoms with Crippen molar-refractivity contribution in [2.45, 2.75) is 89.4 Å². The van der Waals surface area contributed by atoms with Gasteiger partial charge in [0, 0.05) is 18.8 Å². The molecule has 1 aromatic rings. The fourth-order valence-corrected chi connectivity index (χ4v) is 5.53. The van der Waals surface area contributed by atoms with Crippen molar-refractivity contribution in [1.29, 1.82) is 0 Å². The second-order valence-corrected chi connectivity index (χ2v) is 9.70. The first-order chi connectivity index (χ1) is 15.6. The van der Waals surface area contributed by atoms with Crippen LogP contribution >= 0.6 is 0 Å². The quantitative estimate of drug-likeness (QED) is 0.354. The van der Waals surface area contributed by atoms with Crippen LogP contribution in [-0.4, -0.2) is 38.3 Å². The van der Waals surface area contributed by atoms with Crippen LogP contribution in [0.5, 0.6) is 0 Å². The van der Waals surface area contributed by atoms with E-state index < -0.39 is 25.0 Å². The van der Waals surface area contributed by atoms with Gasteiger partial charge < -0.3 is 14.2 Å². The Morgan fingerprint density at radius 1 is 1.03 bits per heavy atom. The maximum Gasteiger partial charge on any atom is 0.341 e. The van der Waals surface area contributed by atoms with Crippen molar-refractivity contribution in [3.63, 3.8) is 0 Å². The first-order valence-electron chi connectivity index (χ1n) is 12.4. The number of unbranched alkanes of at least 4 members (excludes halogenated alkanes) is 2. The summed E-state index contributed by atoms with van der Waals surface area (Å²) in [5, 5.41) is 0. The predicted molar refractivity (Wildman–Crippen MR) is 118 cm³/mol. The van der Waals surface area contributed by atoms with Gasteiger partial charge in [-0.15, -0.1) is 0 Å². The molecule has 0 spiro atoms. The summed E-state index contributed by atoms with van der Waals surface area (Å²) in [4.78, 5) is 12.8. The molecule has 32 heavy (non-hydrogen) atoms. The normalized spacial score (nSPS) is 30.6. The van der Waals surface area contributed by atoms with Crippen LogP contribution in [0.3, 0.4) is 0 Å². The zero-order chi connectivity index (χ0) is 22.5. The lowest BCUT2D eigenvalue weighted by Crippen LogP contribution is -2.43. The van der Waals surface area contributed by atoms with Crippen molar-refractivity contribution in [2.24, 2.45) is 11.8 Å². The van der Waals surface area contributed by atoms with Crippen LogP contribution < -0.4 is 0 Å². The van der Waals surface area contributed by atoms with Gasteiger partial charge in [-0.05, 0) is 48.6 Å². The van der Waals surface area contributed by atoms with Crippen LogP contribution in [-0.2, 0) is 20.6 Å². The number of carbonyl (C=O) groups excluding carboxylic acids is 1. The Hall–Kier alpha value is -1.53. The second-order valence-electron chi connectivity index (χ2n) is 9.70. The van der Waals surface area contributed by atoms with Gasteiger partial charge in [0.25, 0.3) is 0 Å². The highest BCUT2D eigenvalue weighted by Gasteiger charge is 2.38. The molecular weight excluding hydrogens is 414 g/mol. The van der Waals surface area contributed by atoms with Crippen molar-refractivity contribution < 1.29 is 27.8 Å². The zero-order valence-electron chi connectivity index (χ0n) is 19.1. The summed E-state index contributed by atoms with van der Waals surface area (Å²) in [5.74, 6) is -0.169. The summed E-state index contributed by atoms with van der Waals surface area (Å²) in [6, 6.07) is 3.79. The van der Waals surface area contributed by atoms with Gasteiger partial charge in [0.15, 0.2) is 6.29 Å². The molecule has 0 bridgehead atoms. The first-order valence-corrected chi connectivity index (χ1v) is 12.4. The average molecular weight is 451 g/mol. The highest BCUT2D eigenvalue weighted by molar-refractivity contribution is 5.93. The van der Waals surface area contributed by atoms with Gasteiger partial charge in [-0.3, -0.25) is 4.39 Å². The molecule has 0 N–H and O–H groups in total. The maximum atomic E-state index is 15.5. The highest BCUT2D eigenvalue weighted by Crippen LogP contribution is 2.40. The van der Waals surface area contributed by atoms with Crippen LogP contribution in [0.2, 0.25) is 0 Å². The Labute approximate surface area is 190 Å².